The maximum atomic E-state index is 13.5. The third-order valence-corrected chi connectivity index (χ3v) is 6.02. The molecule has 1 atom stereocenters. The summed E-state index contributed by atoms with van der Waals surface area (Å²) in [6.07, 6.45) is 2.42. The third kappa shape index (κ3) is 5.18. The Hall–Kier alpha value is -3.92. The Morgan fingerprint density at radius 2 is 2.00 bits per heavy atom. The zero-order valence-corrected chi connectivity index (χ0v) is 19.4. The Balaban J connectivity index is 1.52. The molecular weight excluding hydrogens is 471 g/mol. The summed E-state index contributed by atoms with van der Waals surface area (Å²) in [5, 5.41) is 6.53. The van der Waals surface area contributed by atoms with Crippen molar-refractivity contribution in [1.82, 2.24) is 20.3 Å². The summed E-state index contributed by atoms with van der Waals surface area (Å²) in [5.74, 6) is -0.0298. The van der Waals surface area contributed by atoms with Crippen molar-refractivity contribution in [2.24, 2.45) is 0 Å². The second kappa shape index (κ2) is 9.62. The molecule has 0 aliphatic carbocycles. The van der Waals surface area contributed by atoms with Crippen molar-refractivity contribution < 1.29 is 22.7 Å². The number of H-pyrrole nitrogens is 1. The van der Waals surface area contributed by atoms with E-state index in [1.54, 1.807) is 36.8 Å². The van der Waals surface area contributed by atoms with Gasteiger partial charge in [0.2, 0.25) is 11.8 Å². The van der Waals surface area contributed by atoms with Crippen LogP contribution in [0.2, 0.25) is 0 Å². The minimum atomic E-state index is -4.56. The van der Waals surface area contributed by atoms with E-state index in [1.165, 1.54) is 13.0 Å². The van der Waals surface area contributed by atoms with Crippen molar-refractivity contribution in [2.75, 3.05) is 18.4 Å². The van der Waals surface area contributed by atoms with Crippen LogP contribution in [0.15, 0.2) is 55.0 Å². The number of amides is 1. The Bertz CT molecular complexity index is 1410. The molecular formula is C26H24F3N5O2. The highest BCUT2D eigenvalue weighted by Crippen LogP contribution is 2.37. The molecule has 10 heteroatoms. The number of aromatic nitrogens is 3. The third-order valence-electron chi connectivity index (χ3n) is 6.02. The number of ether oxygens (including phenoxy) is 1. The van der Waals surface area contributed by atoms with Gasteiger partial charge in [-0.2, -0.15) is 13.2 Å². The molecule has 0 bridgehead atoms. The van der Waals surface area contributed by atoms with Crippen LogP contribution in [0.25, 0.3) is 33.3 Å². The van der Waals surface area contributed by atoms with Gasteiger partial charge in [0.15, 0.2) is 0 Å². The summed E-state index contributed by atoms with van der Waals surface area (Å²) in [7, 11) is 0. The van der Waals surface area contributed by atoms with Crippen molar-refractivity contribution in [3.05, 3.63) is 60.6 Å². The van der Waals surface area contributed by atoms with Gasteiger partial charge in [-0.05, 0) is 60.8 Å². The Kier molecular flexibility index (Phi) is 6.36. The minimum absolute atomic E-state index is 0.0246. The van der Waals surface area contributed by atoms with Gasteiger partial charge in [0.05, 0.1) is 23.7 Å². The van der Waals surface area contributed by atoms with Gasteiger partial charge in [0, 0.05) is 41.8 Å². The van der Waals surface area contributed by atoms with Crippen LogP contribution in [0.3, 0.4) is 0 Å². The standard InChI is InChI=1S/C26H24F3N5O2/c1-15(35)33-19-8-17(7-18(10-19)26(27,28)29)16-4-5-23-21(9-16)22(12-32-23)24-13-31-14-25(34-24)36-20-3-2-6-30-11-20/h4-5,7-10,12-14,20,30,32H,2-3,6,11H2,1H3,(H,33,35). The summed E-state index contributed by atoms with van der Waals surface area (Å²) < 4.78 is 46.6. The van der Waals surface area contributed by atoms with Crippen molar-refractivity contribution in [2.45, 2.75) is 32.0 Å². The van der Waals surface area contributed by atoms with Gasteiger partial charge in [-0.15, -0.1) is 0 Å². The summed E-state index contributed by atoms with van der Waals surface area (Å²) in [4.78, 5) is 23.6. The second-order valence-corrected chi connectivity index (χ2v) is 8.77. The van der Waals surface area contributed by atoms with E-state index < -0.39 is 17.6 Å². The molecule has 1 aliphatic rings. The fourth-order valence-electron chi connectivity index (χ4n) is 4.37. The highest BCUT2D eigenvalue weighted by atomic mass is 19.4. The molecule has 2 aromatic heterocycles. The molecule has 0 saturated carbocycles. The van der Waals surface area contributed by atoms with E-state index in [-0.39, 0.29) is 11.8 Å². The summed E-state index contributed by atoms with van der Waals surface area (Å²) in [6.45, 7) is 2.98. The maximum Gasteiger partial charge on any atom is 0.416 e. The number of halogens is 3. The number of piperidine rings is 1. The minimum Gasteiger partial charge on any atom is -0.472 e. The number of aromatic amines is 1. The Morgan fingerprint density at radius 1 is 1.14 bits per heavy atom. The van der Waals surface area contributed by atoms with Crippen molar-refractivity contribution in [1.29, 1.82) is 0 Å². The number of rotatable bonds is 5. The number of benzene rings is 2. The predicted octanol–water partition coefficient (Wildman–Crippen LogP) is 5.40. The number of carbonyl (C=O) groups excluding carboxylic acids is 1. The molecule has 2 aromatic carbocycles. The molecule has 1 amide bonds. The van der Waals surface area contributed by atoms with E-state index in [1.807, 2.05) is 0 Å². The summed E-state index contributed by atoms with van der Waals surface area (Å²) in [5.41, 5.74) is 2.27. The van der Waals surface area contributed by atoms with Crippen LogP contribution < -0.4 is 15.4 Å². The Morgan fingerprint density at radius 3 is 2.75 bits per heavy atom. The van der Waals surface area contributed by atoms with E-state index in [9.17, 15) is 18.0 Å². The molecule has 5 rings (SSSR count). The van der Waals surface area contributed by atoms with E-state index in [0.717, 1.165) is 54.5 Å². The Labute approximate surface area is 205 Å². The molecule has 0 radical (unpaired) electrons. The highest BCUT2D eigenvalue weighted by Gasteiger charge is 2.31. The second-order valence-electron chi connectivity index (χ2n) is 8.77. The number of carbonyl (C=O) groups is 1. The fourth-order valence-corrected chi connectivity index (χ4v) is 4.37. The molecule has 0 spiro atoms. The summed E-state index contributed by atoms with van der Waals surface area (Å²) in [6, 6.07) is 8.86. The molecule has 1 fully saturated rings. The lowest BCUT2D eigenvalue weighted by molar-refractivity contribution is -0.137. The first-order chi connectivity index (χ1) is 17.3. The van der Waals surface area contributed by atoms with Gasteiger partial charge in [-0.25, -0.2) is 4.98 Å². The number of alkyl halides is 3. The molecule has 36 heavy (non-hydrogen) atoms. The maximum absolute atomic E-state index is 13.5. The predicted molar refractivity (Wildman–Crippen MR) is 131 cm³/mol. The number of nitrogens with one attached hydrogen (secondary N) is 3. The van der Waals surface area contributed by atoms with Crippen LogP contribution in [0.5, 0.6) is 5.88 Å². The smallest absolute Gasteiger partial charge is 0.416 e. The normalized spacial score (nSPS) is 16.2. The largest absolute Gasteiger partial charge is 0.472 e. The van der Waals surface area contributed by atoms with Gasteiger partial charge >= 0.3 is 6.18 Å². The lowest BCUT2D eigenvalue weighted by Crippen LogP contribution is -2.37. The van der Waals surface area contributed by atoms with Crippen LogP contribution in [0, 0.1) is 0 Å². The number of nitrogens with zero attached hydrogens (tertiary/aromatic N) is 2. The van der Waals surface area contributed by atoms with Crippen LogP contribution in [0.4, 0.5) is 18.9 Å². The highest BCUT2D eigenvalue weighted by molar-refractivity contribution is 5.97. The molecule has 7 nitrogen and oxygen atoms in total. The SMILES string of the molecule is CC(=O)Nc1cc(-c2ccc3[nH]cc(-c4cncc(OC5CCCNC5)n4)c3c2)cc(C(F)(F)F)c1. The van der Waals surface area contributed by atoms with Gasteiger partial charge in [-0.1, -0.05) is 6.07 Å². The van der Waals surface area contributed by atoms with Crippen LogP contribution >= 0.6 is 0 Å². The number of anilines is 1. The number of hydrogen-bond donors (Lipinski definition) is 3. The van der Waals surface area contributed by atoms with Gasteiger partial charge in [-0.3, -0.25) is 9.78 Å². The zero-order valence-electron chi connectivity index (χ0n) is 19.4. The van der Waals surface area contributed by atoms with Crippen LogP contribution in [-0.4, -0.2) is 40.1 Å². The van der Waals surface area contributed by atoms with Crippen LogP contribution in [0.1, 0.15) is 25.3 Å². The molecule has 1 aliphatic heterocycles. The van der Waals surface area contributed by atoms with E-state index >= 15 is 0 Å². The monoisotopic (exact) mass is 495 g/mol. The van der Waals surface area contributed by atoms with Gasteiger partial charge < -0.3 is 20.4 Å². The summed E-state index contributed by atoms with van der Waals surface area (Å²) >= 11 is 0. The fraction of sp³-hybridized carbons (Fsp3) is 0.269. The average Bonchev–Trinajstić information content (AvgIpc) is 3.27. The number of fused-ring (bicyclic) bond motifs is 1. The topological polar surface area (TPSA) is 91.9 Å². The lowest BCUT2D eigenvalue weighted by Gasteiger charge is -2.23. The van der Waals surface area contributed by atoms with Gasteiger partial charge in [0.25, 0.3) is 0 Å². The number of hydrogen-bond acceptors (Lipinski definition) is 5. The molecule has 186 valence electrons. The van der Waals surface area contributed by atoms with Crippen molar-refractivity contribution in [3.63, 3.8) is 0 Å². The quantitative estimate of drug-likeness (QED) is 0.345. The van der Waals surface area contributed by atoms with E-state index in [4.69, 9.17) is 4.74 Å². The molecule has 3 N–H and O–H groups in total. The average molecular weight is 496 g/mol. The zero-order chi connectivity index (χ0) is 25.3. The lowest BCUT2D eigenvalue weighted by atomic mass is 9.99. The molecule has 1 unspecified atom stereocenters. The molecule has 3 heterocycles. The molecule has 1 saturated heterocycles. The first-order valence-electron chi connectivity index (χ1n) is 11.6. The molecule has 4 aromatic rings. The van der Waals surface area contributed by atoms with Gasteiger partial charge in [0.1, 0.15) is 6.10 Å². The first-order valence-corrected chi connectivity index (χ1v) is 11.6. The van der Waals surface area contributed by atoms with E-state index in [0.29, 0.717) is 22.7 Å². The van der Waals surface area contributed by atoms with Crippen molar-refractivity contribution in [3.8, 4) is 28.3 Å². The van der Waals surface area contributed by atoms with E-state index in [2.05, 4.69) is 25.6 Å². The van der Waals surface area contributed by atoms with Crippen LogP contribution in [-0.2, 0) is 11.0 Å². The van der Waals surface area contributed by atoms with Crippen molar-refractivity contribution >= 4 is 22.5 Å². The first kappa shape index (κ1) is 23.8.